The lowest BCUT2D eigenvalue weighted by atomic mass is 10.1. The Morgan fingerprint density at radius 3 is 2.48 bits per heavy atom. The Morgan fingerprint density at radius 1 is 1.19 bits per heavy atom. The van der Waals surface area contributed by atoms with Gasteiger partial charge in [-0.15, -0.1) is 0 Å². The van der Waals surface area contributed by atoms with Gasteiger partial charge < -0.3 is 10.1 Å². The van der Waals surface area contributed by atoms with Crippen molar-refractivity contribution in [1.29, 1.82) is 0 Å². The standard InChI is InChI=1S/C19H23FN2O4S/c1-26-18-10-8-15(9-11-18)5-4-12-21-19(23)14-22(27(2,24)25)17-7-3-6-16(20)13-17/h3,6-11,13H,4-5,12,14H2,1-2H3,(H,21,23). The first-order valence-electron chi connectivity index (χ1n) is 8.42. The number of aryl methyl sites for hydroxylation is 1. The zero-order valence-corrected chi connectivity index (χ0v) is 16.1. The summed E-state index contributed by atoms with van der Waals surface area (Å²) in [5.74, 6) is -0.231. The molecule has 0 aliphatic carbocycles. The van der Waals surface area contributed by atoms with Crippen molar-refractivity contribution in [2.75, 3.05) is 30.8 Å². The van der Waals surface area contributed by atoms with Gasteiger partial charge in [0.25, 0.3) is 0 Å². The number of halogens is 1. The second kappa shape index (κ2) is 9.36. The van der Waals surface area contributed by atoms with Crippen molar-refractivity contribution < 1.29 is 22.3 Å². The summed E-state index contributed by atoms with van der Waals surface area (Å²) in [4.78, 5) is 12.1. The Bertz CT molecular complexity index is 870. The summed E-state index contributed by atoms with van der Waals surface area (Å²) in [5.41, 5.74) is 1.23. The molecule has 0 unspecified atom stereocenters. The van der Waals surface area contributed by atoms with Crippen molar-refractivity contribution in [2.24, 2.45) is 0 Å². The van der Waals surface area contributed by atoms with E-state index in [1.807, 2.05) is 24.3 Å². The first kappa shape index (κ1) is 20.7. The average molecular weight is 394 g/mol. The number of benzene rings is 2. The second-order valence-electron chi connectivity index (χ2n) is 6.05. The molecule has 146 valence electrons. The van der Waals surface area contributed by atoms with Crippen molar-refractivity contribution in [3.05, 3.63) is 59.9 Å². The number of sulfonamides is 1. The fourth-order valence-corrected chi connectivity index (χ4v) is 3.38. The number of carbonyl (C=O) groups is 1. The van der Waals surface area contributed by atoms with E-state index < -0.39 is 28.3 Å². The number of ether oxygens (including phenoxy) is 1. The van der Waals surface area contributed by atoms with E-state index in [-0.39, 0.29) is 5.69 Å². The predicted molar refractivity (Wildman–Crippen MR) is 103 cm³/mol. The van der Waals surface area contributed by atoms with E-state index in [0.717, 1.165) is 34.4 Å². The van der Waals surface area contributed by atoms with Gasteiger partial charge in [0.15, 0.2) is 0 Å². The number of nitrogens with one attached hydrogen (secondary N) is 1. The zero-order valence-electron chi connectivity index (χ0n) is 15.3. The highest BCUT2D eigenvalue weighted by atomic mass is 32.2. The number of rotatable bonds is 9. The first-order chi connectivity index (χ1) is 12.8. The van der Waals surface area contributed by atoms with Crippen molar-refractivity contribution in [3.8, 4) is 5.75 Å². The van der Waals surface area contributed by atoms with Crippen LogP contribution in [-0.2, 0) is 21.2 Å². The Kier molecular flexibility index (Phi) is 7.18. The van der Waals surface area contributed by atoms with Crippen LogP contribution in [0.5, 0.6) is 5.75 Å². The van der Waals surface area contributed by atoms with Gasteiger partial charge in [0.2, 0.25) is 15.9 Å². The minimum atomic E-state index is -3.72. The molecule has 2 aromatic rings. The molecule has 1 amide bonds. The third-order valence-corrected chi connectivity index (χ3v) is 5.05. The number of hydrogen-bond acceptors (Lipinski definition) is 4. The molecule has 0 radical (unpaired) electrons. The molecule has 1 N–H and O–H groups in total. The van der Waals surface area contributed by atoms with Crippen molar-refractivity contribution in [1.82, 2.24) is 5.32 Å². The number of anilines is 1. The molecule has 0 atom stereocenters. The fourth-order valence-electron chi connectivity index (χ4n) is 2.53. The highest BCUT2D eigenvalue weighted by Gasteiger charge is 2.21. The highest BCUT2D eigenvalue weighted by Crippen LogP contribution is 2.18. The maximum Gasteiger partial charge on any atom is 0.240 e. The quantitative estimate of drug-likeness (QED) is 0.663. The van der Waals surface area contributed by atoms with Crippen LogP contribution in [0.2, 0.25) is 0 Å². The topological polar surface area (TPSA) is 75.7 Å². The highest BCUT2D eigenvalue weighted by molar-refractivity contribution is 7.92. The molecule has 8 heteroatoms. The molecule has 0 bridgehead atoms. The van der Waals surface area contributed by atoms with Crippen LogP contribution in [0, 0.1) is 5.82 Å². The second-order valence-corrected chi connectivity index (χ2v) is 7.96. The molecule has 0 spiro atoms. The lowest BCUT2D eigenvalue weighted by molar-refractivity contribution is -0.119. The van der Waals surface area contributed by atoms with E-state index in [0.29, 0.717) is 13.0 Å². The molecule has 0 aromatic heterocycles. The average Bonchev–Trinajstić information content (AvgIpc) is 2.63. The maximum absolute atomic E-state index is 13.4. The Balaban J connectivity index is 1.86. The molecule has 0 heterocycles. The minimum Gasteiger partial charge on any atom is -0.497 e. The third-order valence-electron chi connectivity index (χ3n) is 3.91. The number of carbonyl (C=O) groups excluding carboxylic acids is 1. The number of hydrogen-bond donors (Lipinski definition) is 1. The Hall–Kier alpha value is -2.61. The molecule has 0 aliphatic rings. The molecule has 0 saturated carbocycles. The van der Waals surface area contributed by atoms with E-state index in [4.69, 9.17) is 4.74 Å². The lowest BCUT2D eigenvalue weighted by Crippen LogP contribution is -2.40. The summed E-state index contributed by atoms with van der Waals surface area (Å²) < 4.78 is 43.3. The molecule has 0 aliphatic heterocycles. The SMILES string of the molecule is COc1ccc(CCCNC(=O)CN(c2cccc(F)c2)S(C)(=O)=O)cc1. The smallest absolute Gasteiger partial charge is 0.240 e. The van der Waals surface area contributed by atoms with Gasteiger partial charge >= 0.3 is 0 Å². The third kappa shape index (κ3) is 6.56. The molecule has 0 saturated heterocycles. The van der Waals surface area contributed by atoms with Crippen molar-refractivity contribution >= 4 is 21.6 Å². The lowest BCUT2D eigenvalue weighted by Gasteiger charge is -2.21. The molecule has 2 rings (SSSR count). The normalized spacial score (nSPS) is 11.1. The van der Waals surface area contributed by atoms with E-state index in [1.165, 1.54) is 18.2 Å². The van der Waals surface area contributed by atoms with Crippen LogP contribution in [0.15, 0.2) is 48.5 Å². The van der Waals surface area contributed by atoms with Crippen LogP contribution < -0.4 is 14.4 Å². The number of amides is 1. The minimum absolute atomic E-state index is 0.117. The van der Waals surface area contributed by atoms with E-state index in [1.54, 1.807) is 7.11 Å². The van der Waals surface area contributed by atoms with Gasteiger partial charge in [-0.05, 0) is 48.7 Å². The van der Waals surface area contributed by atoms with E-state index in [2.05, 4.69) is 5.32 Å². The van der Waals surface area contributed by atoms with Gasteiger partial charge in [0.05, 0.1) is 19.1 Å². The van der Waals surface area contributed by atoms with Crippen LogP contribution in [0.1, 0.15) is 12.0 Å². The molecule has 0 fully saturated rings. The summed E-state index contributed by atoms with van der Waals surface area (Å²) in [7, 11) is -2.11. The summed E-state index contributed by atoms with van der Waals surface area (Å²) in [6.07, 6.45) is 2.45. The molecule has 27 heavy (non-hydrogen) atoms. The van der Waals surface area contributed by atoms with Gasteiger partial charge in [0.1, 0.15) is 18.1 Å². The van der Waals surface area contributed by atoms with Crippen LogP contribution in [-0.4, -0.2) is 40.8 Å². The molecular weight excluding hydrogens is 371 g/mol. The number of methoxy groups -OCH3 is 1. The Labute approximate surface area is 159 Å². The van der Waals surface area contributed by atoms with E-state index >= 15 is 0 Å². The summed E-state index contributed by atoms with van der Waals surface area (Å²) in [6.45, 7) is 0.0104. The van der Waals surface area contributed by atoms with Gasteiger partial charge in [-0.25, -0.2) is 12.8 Å². The van der Waals surface area contributed by atoms with Gasteiger partial charge in [0, 0.05) is 6.54 Å². The number of nitrogens with zero attached hydrogens (tertiary/aromatic N) is 1. The largest absolute Gasteiger partial charge is 0.497 e. The zero-order chi connectivity index (χ0) is 19.9. The Morgan fingerprint density at radius 2 is 1.89 bits per heavy atom. The fraction of sp³-hybridized carbons (Fsp3) is 0.316. The van der Waals surface area contributed by atoms with E-state index in [9.17, 15) is 17.6 Å². The van der Waals surface area contributed by atoms with Crippen molar-refractivity contribution in [3.63, 3.8) is 0 Å². The molecule has 2 aromatic carbocycles. The van der Waals surface area contributed by atoms with Gasteiger partial charge in [-0.3, -0.25) is 9.10 Å². The summed E-state index contributed by atoms with van der Waals surface area (Å²) in [5, 5.41) is 2.70. The van der Waals surface area contributed by atoms with Gasteiger partial charge in [-0.2, -0.15) is 0 Å². The monoisotopic (exact) mass is 394 g/mol. The van der Waals surface area contributed by atoms with Crippen molar-refractivity contribution in [2.45, 2.75) is 12.8 Å². The maximum atomic E-state index is 13.4. The molecular formula is C19H23FN2O4S. The summed E-state index contributed by atoms with van der Waals surface area (Å²) in [6, 6.07) is 12.8. The van der Waals surface area contributed by atoms with Gasteiger partial charge in [-0.1, -0.05) is 18.2 Å². The van der Waals surface area contributed by atoms with Crippen LogP contribution in [0.3, 0.4) is 0 Å². The summed E-state index contributed by atoms with van der Waals surface area (Å²) >= 11 is 0. The van der Waals surface area contributed by atoms with Crippen LogP contribution in [0.25, 0.3) is 0 Å². The van der Waals surface area contributed by atoms with Crippen LogP contribution >= 0.6 is 0 Å². The first-order valence-corrected chi connectivity index (χ1v) is 10.3. The predicted octanol–water partition coefficient (Wildman–Crippen LogP) is 2.35. The van der Waals surface area contributed by atoms with Crippen LogP contribution in [0.4, 0.5) is 10.1 Å². The molecule has 6 nitrogen and oxygen atoms in total.